The van der Waals surface area contributed by atoms with E-state index in [0.29, 0.717) is 19.1 Å². The number of hydrogen-bond acceptors (Lipinski definition) is 3. The highest BCUT2D eigenvalue weighted by atomic mass is 16.5. The number of carbonyl (C=O) groups excluding carboxylic acids is 1. The Balaban J connectivity index is 2.43. The molecule has 3 nitrogen and oxygen atoms in total. The van der Waals surface area contributed by atoms with Crippen LogP contribution in [0.3, 0.4) is 0 Å². The second-order valence-corrected chi connectivity index (χ2v) is 6.06. The molecule has 1 saturated carbocycles. The van der Waals surface area contributed by atoms with Crippen LogP contribution in [0.2, 0.25) is 0 Å². The van der Waals surface area contributed by atoms with Crippen LogP contribution in [-0.2, 0) is 9.53 Å². The van der Waals surface area contributed by atoms with Crippen molar-refractivity contribution in [2.24, 2.45) is 17.1 Å². The fourth-order valence-corrected chi connectivity index (χ4v) is 2.96. The van der Waals surface area contributed by atoms with Gasteiger partial charge in [-0.05, 0) is 25.2 Å². The van der Waals surface area contributed by atoms with Crippen molar-refractivity contribution in [1.29, 1.82) is 0 Å². The summed E-state index contributed by atoms with van der Waals surface area (Å²) in [6.45, 7) is 5.40. The SMILES string of the molecule is CCCCC(CC)COC(=O)C1(CN)CCCCC1. The van der Waals surface area contributed by atoms with E-state index in [1.54, 1.807) is 0 Å². The predicted octanol–water partition coefficient (Wildman–Crippen LogP) is 3.66. The molecule has 0 aromatic rings. The van der Waals surface area contributed by atoms with Crippen molar-refractivity contribution in [1.82, 2.24) is 0 Å². The van der Waals surface area contributed by atoms with E-state index in [1.807, 2.05) is 0 Å². The Kier molecular flexibility index (Phi) is 7.44. The van der Waals surface area contributed by atoms with E-state index in [2.05, 4.69) is 13.8 Å². The summed E-state index contributed by atoms with van der Waals surface area (Å²) in [6, 6.07) is 0. The molecule has 0 radical (unpaired) electrons. The number of esters is 1. The molecule has 0 spiro atoms. The minimum absolute atomic E-state index is 0.0374. The van der Waals surface area contributed by atoms with Crippen molar-refractivity contribution in [2.45, 2.75) is 71.6 Å². The fraction of sp³-hybridized carbons (Fsp3) is 0.938. The number of hydrogen-bond donors (Lipinski definition) is 1. The molecule has 0 aromatic carbocycles. The van der Waals surface area contributed by atoms with Gasteiger partial charge in [0.2, 0.25) is 0 Å². The fourth-order valence-electron chi connectivity index (χ4n) is 2.96. The Morgan fingerprint density at radius 1 is 1.26 bits per heavy atom. The molecule has 0 bridgehead atoms. The van der Waals surface area contributed by atoms with E-state index in [0.717, 1.165) is 38.5 Å². The summed E-state index contributed by atoms with van der Waals surface area (Å²) in [4.78, 5) is 12.3. The van der Waals surface area contributed by atoms with Gasteiger partial charge in [-0.2, -0.15) is 0 Å². The maximum Gasteiger partial charge on any atom is 0.313 e. The van der Waals surface area contributed by atoms with Crippen molar-refractivity contribution in [2.75, 3.05) is 13.2 Å². The van der Waals surface area contributed by atoms with Gasteiger partial charge in [0.15, 0.2) is 0 Å². The molecule has 0 aromatic heterocycles. The molecule has 0 saturated heterocycles. The molecule has 1 unspecified atom stereocenters. The molecule has 19 heavy (non-hydrogen) atoms. The molecule has 1 rings (SSSR count). The van der Waals surface area contributed by atoms with Crippen LogP contribution in [0.5, 0.6) is 0 Å². The molecule has 3 heteroatoms. The van der Waals surface area contributed by atoms with Gasteiger partial charge in [0.05, 0.1) is 12.0 Å². The first-order chi connectivity index (χ1) is 9.18. The average Bonchev–Trinajstić information content (AvgIpc) is 2.47. The average molecular weight is 269 g/mol. The number of nitrogens with two attached hydrogens (primary N) is 1. The third-order valence-corrected chi connectivity index (χ3v) is 4.63. The van der Waals surface area contributed by atoms with E-state index in [1.165, 1.54) is 19.3 Å². The van der Waals surface area contributed by atoms with Crippen LogP contribution in [0.25, 0.3) is 0 Å². The van der Waals surface area contributed by atoms with Crippen molar-refractivity contribution in [3.8, 4) is 0 Å². The highest BCUT2D eigenvalue weighted by Gasteiger charge is 2.39. The number of ether oxygens (including phenoxy) is 1. The topological polar surface area (TPSA) is 52.3 Å². The summed E-state index contributed by atoms with van der Waals surface area (Å²) in [6.07, 6.45) is 9.94. The van der Waals surface area contributed by atoms with Crippen LogP contribution in [0, 0.1) is 11.3 Å². The van der Waals surface area contributed by atoms with E-state index in [9.17, 15) is 4.79 Å². The molecule has 1 aliphatic rings. The minimum Gasteiger partial charge on any atom is -0.465 e. The number of unbranched alkanes of at least 4 members (excludes halogenated alkanes) is 1. The van der Waals surface area contributed by atoms with Crippen molar-refractivity contribution in [3.63, 3.8) is 0 Å². The summed E-state index contributed by atoms with van der Waals surface area (Å²) in [5, 5.41) is 0. The quantitative estimate of drug-likeness (QED) is 0.684. The number of carbonyl (C=O) groups is 1. The Morgan fingerprint density at radius 2 is 1.95 bits per heavy atom. The lowest BCUT2D eigenvalue weighted by Gasteiger charge is -2.34. The summed E-state index contributed by atoms with van der Waals surface area (Å²) in [5.74, 6) is 0.479. The second kappa shape index (κ2) is 8.57. The van der Waals surface area contributed by atoms with Crippen LogP contribution in [0.15, 0.2) is 0 Å². The molecule has 112 valence electrons. The minimum atomic E-state index is -0.374. The number of rotatable bonds is 8. The lowest BCUT2D eigenvalue weighted by Crippen LogP contribution is -2.42. The Bertz CT molecular complexity index is 259. The summed E-state index contributed by atoms with van der Waals surface area (Å²) < 4.78 is 5.61. The van der Waals surface area contributed by atoms with Crippen LogP contribution in [0.4, 0.5) is 0 Å². The molecule has 0 heterocycles. The van der Waals surface area contributed by atoms with Crippen molar-refractivity contribution < 1.29 is 9.53 Å². The first kappa shape index (κ1) is 16.5. The predicted molar refractivity (Wildman–Crippen MR) is 78.8 cm³/mol. The molecule has 0 amide bonds. The molecule has 2 N–H and O–H groups in total. The maximum atomic E-state index is 12.3. The summed E-state index contributed by atoms with van der Waals surface area (Å²) in [7, 11) is 0. The summed E-state index contributed by atoms with van der Waals surface area (Å²) >= 11 is 0. The smallest absolute Gasteiger partial charge is 0.313 e. The molecular formula is C16H31NO2. The molecule has 1 aliphatic carbocycles. The van der Waals surface area contributed by atoms with Gasteiger partial charge >= 0.3 is 5.97 Å². The van der Waals surface area contributed by atoms with Gasteiger partial charge in [-0.1, -0.05) is 52.4 Å². The standard InChI is InChI=1S/C16H31NO2/c1-3-5-9-14(4-2)12-19-15(18)16(13-17)10-7-6-8-11-16/h14H,3-13,17H2,1-2H3. The Hall–Kier alpha value is -0.570. The lowest BCUT2D eigenvalue weighted by molar-refractivity contribution is -0.159. The monoisotopic (exact) mass is 269 g/mol. The third kappa shape index (κ3) is 4.79. The maximum absolute atomic E-state index is 12.3. The van der Waals surface area contributed by atoms with Gasteiger partial charge in [0, 0.05) is 6.54 Å². The highest BCUT2D eigenvalue weighted by molar-refractivity contribution is 5.77. The molecule has 1 atom stereocenters. The normalized spacial score (nSPS) is 19.9. The van der Waals surface area contributed by atoms with E-state index in [4.69, 9.17) is 10.5 Å². The van der Waals surface area contributed by atoms with Gasteiger partial charge in [-0.3, -0.25) is 4.79 Å². The summed E-state index contributed by atoms with van der Waals surface area (Å²) in [5.41, 5.74) is 5.48. The van der Waals surface area contributed by atoms with Gasteiger partial charge < -0.3 is 10.5 Å². The molecule has 1 fully saturated rings. The Labute approximate surface area is 118 Å². The van der Waals surface area contributed by atoms with Crippen LogP contribution in [-0.4, -0.2) is 19.1 Å². The third-order valence-electron chi connectivity index (χ3n) is 4.63. The van der Waals surface area contributed by atoms with Gasteiger partial charge in [0.25, 0.3) is 0 Å². The van der Waals surface area contributed by atoms with Gasteiger partial charge in [0.1, 0.15) is 0 Å². The van der Waals surface area contributed by atoms with E-state index in [-0.39, 0.29) is 11.4 Å². The first-order valence-electron chi connectivity index (χ1n) is 8.05. The van der Waals surface area contributed by atoms with Crippen molar-refractivity contribution >= 4 is 5.97 Å². The van der Waals surface area contributed by atoms with Crippen LogP contribution in [0.1, 0.15) is 71.6 Å². The van der Waals surface area contributed by atoms with Crippen molar-refractivity contribution in [3.05, 3.63) is 0 Å². The van der Waals surface area contributed by atoms with Gasteiger partial charge in [-0.15, -0.1) is 0 Å². The van der Waals surface area contributed by atoms with E-state index >= 15 is 0 Å². The second-order valence-electron chi connectivity index (χ2n) is 6.06. The largest absolute Gasteiger partial charge is 0.465 e. The lowest BCUT2D eigenvalue weighted by atomic mass is 9.74. The van der Waals surface area contributed by atoms with E-state index < -0.39 is 0 Å². The Morgan fingerprint density at radius 3 is 2.47 bits per heavy atom. The van der Waals surface area contributed by atoms with Gasteiger partial charge in [-0.25, -0.2) is 0 Å². The molecule has 0 aliphatic heterocycles. The zero-order chi connectivity index (χ0) is 14.1. The zero-order valence-electron chi connectivity index (χ0n) is 12.7. The zero-order valence-corrected chi connectivity index (χ0v) is 12.7. The van der Waals surface area contributed by atoms with Crippen LogP contribution >= 0.6 is 0 Å². The highest BCUT2D eigenvalue weighted by Crippen LogP contribution is 2.36. The molecular weight excluding hydrogens is 238 g/mol. The van der Waals surface area contributed by atoms with Crippen LogP contribution < -0.4 is 5.73 Å². The first-order valence-corrected chi connectivity index (χ1v) is 8.05.